The Morgan fingerprint density at radius 2 is 1.88 bits per heavy atom. The Labute approximate surface area is 143 Å². The summed E-state index contributed by atoms with van der Waals surface area (Å²) in [5.41, 5.74) is 4.19. The Balaban J connectivity index is 2.06. The van der Waals surface area contributed by atoms with Crippen molar-refractivity contribution in [3.63, 3.8) is 0 Å². The van der Waals surface area contributed by atoms with E-state index in [1.54, 1.807) is 0 Å². The van der Waals surface area contributed by atoms with Gasteiger partial charge in [-0.1, -0.05) is 32.0 Å². The highest BCUT2D eigenvalue weighted by molar-refractivity contribution is 6.07. The monoisotopic (exact) mass is 325 g/mol. The highest BCUT2D eigenvalue weighted by atomic mass is 15.3. The molecular formula is C19H27N5. The van der Waals surface area contributed by atoms with E-state index in [0.717, 1.165) is 55.0 Å². The maximum absolute atomic E-state index is 4.86. The molecule has 0 saturated heterocycles. The molecule has 0 saturated carbocycles. The normalized spacial score (nSPS) is 11.7. The number of aryl methyl sites for hydroxylation is 2. The summed E-state index contributed by atoms with van der Waals surface area (Å²) in [6, 6.07) is 8.34. The van der Waals surface area contributed by atoms with Gasteiger partial charge in [0, 0.05) is 25.0 Å². The molecule has 0 bridgehead atoms. The van der Waals surface area contributed by atoms with Gasteiger partial charge in [0.1, 0.15) is 0 Å². The molecule has 2 aromatic heterocycles. The molecule has 128 valence electrons. The van der Waals surface area contributed by atoms with E-state index in [1.165, 1.54) is 11.1 Å². The molecule has 0 unspecified atom stereocenters. The number of hydrogen-bond donors (Lipinski definition) is 1. The van der Waals surface area contributed by atoms with E-state index in [4.69, 9.17) is 4.98 Å². The minimum Gasteiger partial charge on any atom is -0.383 e. The van der Waals surface area contributed by atoms with Gasteiger partial charge in [-0.05, 0) is 33.0 Å². The number of benzene rings is 1. The van der Waals surface area contributed by atoms with E-state index in [0.29, 0.717) is 0 Å². The number of fused-ring (bicyclic) bond motifs is 2. The van der Waals surface area contributed by atoms with Crippen LogP contribution in [0.5, 0.6) is 0 Å². The van der Waals surface area contributed by atoms with Crippen molar-refractivity contribution >= 4 is 27.6 Å². The molecule has 0 aliphatic heterocycles. The Morgan fingerprint density at radius 1 is 1.12 bits per heavy atom. The van der Waals surface area contributed by atoms with E-state index in [9.17, 15) is 0 Å². The minimum atomic E-state index is 0.828. The number of nitrogens with zero attached hydrogens (tertiary/aromatic N) is 4. The summed E-state index contributed by atoms with van der Waals surface area (Å²) in [7, 11) is 0. The molecule has 0 aliphatic rings. The molecule has 0 spiro atoms. The highest BCUT2D eigenvalue weighted by Gasteiger charge is 2.16. The van der Waals surface area contributed by atoms with Crippen molar-refractivity contribution in [2.75, 3.05) is 31.5 Å². The predicted octanol–water partition coefficient (Wildman–Crippen LogP) is 3.67. The number of nitrogens with one attached hydrogen (secondary N) is 1. The fourth-order valence-corrected chi connectivity index (χ4v) is 3.29. The third-order valence-corrected chi connectivity index (χ3v) is 4.67. The molecule has 5 heteroatoms. The summed E-state index contributed by atoms with van der Waals surface area (Å²) in [6.07, 6.45) is 0. The summed E-state index contributed by atoms with van der Waals surface area (Å²) < 4.78 is 1.99. The highest BCUT2D eigenvalue weighted by Crippen LogP contribution is 2.32. The van der Waals surface area contributed by atoms with Gasteiger partial charge in [-0.25, -0.2) is 9.67 Å². The van der Waals surface area contributed by atoms with Crippen molar-refractivity contribution < 1.29 is 0 Å². The van der Waals surface area contributed by atoms with Crippen LogP contribution >= 0.6 is 0 Å². The van der Waals surface area contributed by atoms with Gasteiger partial charge in [0.2, 0.25) is 0 Å². The number of pyridine rings is 1. The van der Waals surface area contributed by atoms with E-state index in [1.807, 2.05) is 10.7 Å². The molecule has 0 fully saturated rings. The van der Waals surface area contributed by atoms with Crippen LogP contribution in [0.1, 0.15) is 26.5 Å². The fraction of sp³-hybridized carbons (Fsp3) is 0.474. The van der Waals surface area contributed by atoms with Crippen molar-refractivity contribution in [3.05, 3.63) is 30.0 Å². The SMILES string of the molecule is CCN(CC)CCNc1c2ccccc2nc2c1c(C)nn2CC. The molecular weight excluding hydrogens is 298 g/mol. The zero-order valence-corrected chi connectivity index (χ0v) is 15.1. The lowest BCUT2D eigenvalue weighted by Gasteiger charge is -2.19. The number of para-hydroxylation sites is 1. The summed E-state index contributed by atoms with van der Waals surface area (Å²) in [5, 5.41) is 10.7. The van der Waals surface area contributed by atoms with Crippen LogP contribution in [0.2, 0.25) is 0 Å². The van der Waals surface area contributed by atoms with E-state index >= 15 is 0 Å². The smallest absolute Gasteiger partial charge is 0.160 e. The van der Waals surface area contributed by atoms with Gasteiger partial charge in [-0.3, -0.25) is 0 Å². The van der Waals surface area contributed by atoms with Gasteiger partial charge < -0.3 is 10.2 Å². The van der Waals surface area contributed by atoms with Crippen molar-refractivity contribution in [3.8, 4) is 0 Å². The van der Waals surface area contributed by atoms with E-state index < -0.39 is 0 Å². The third-order valence-electron chi connectivity index (χ3n) is 4.67. The van der Waals surface area contributed by atoms with Gasteiger partial charge in [0.15, 0.2) is 5.65 Å². The quantitative estimate of drug-likeness (QED) is 0.720. The van der Waals surface area contributed by atoms with Crippen LogP contribution in [0.15, 0.2) is 24.3 Å². The third kappa shape index (κ3) is 2.96. The maximum Gasteiger partial charge on any atom is 0.160 e. The first-order chi connectivity index (χ1) is 11.7. The van der Waals surface area contributed by atoms with E-state index in [2.05, 4.69) is 61.2 Å². The van der Waals surface area contributed by atoms with Crippen LogP contribution in [0.4, 0.5) is 5.69 Å². The van der Waals surface area contributed by atoms with Gasteiger partial charge >= 0.3 is 0 Å². The molecule has 1 N–H and O–H groups in total. The lowest BCUT2D eigenvalue weighted by atomic mass is 10.1. The number of likely N-dealkylation sites (N-methyl/N-ethyl adjacent to an activating group) is 1. The summed E-state index contributed by atoms with van der Waals surface area (Å²) >= 11 is 0. The van der Waals surface area contributed by atoms with Crippen LogP contribution in [-0.2, 0) is 6.54 Å². The largest absolute Gasteiger partial charge is 0.383 e. The Kier molecular flexibility index (Phi) is 5.00. The van der Waals surface area contributed by atoms with Crippen molar-refractivity contribution in [1.82, 2.24) is 19.7 Å². The summed E-state index contributed by atoms with van der Waals surface area (Å²) in [6.45, 7) is 13.5. The second-order valence-electron chi connectivity index (χ2n) is 6.06. The zero-order valence-electron chi connectivity index (χ0n) is 15.1. The number of rotatable bonds is 7. The Hall–Kier alpha value is -2.14. The molecule has 24 heavy (non-hydrogen) atoms. The maximum atomic E-state index is 4.86. The van der Waals surface area contributed by atoms with Gasteiger partial charge in [0.05, 0.1) is 22.3 Å². The topological polar surface area (TPSA) is 46.0 Å². The van der Waals surface area contributed by atoms with Crippen molar-refractivity contribution in [2.24, 2.45) is 0 Å². The van der Waals surface area contributed by atoms with E-state index in [-0.39, 0.29) is 0 Å². The van der Waals surface area contributed by atoms with Crippen LogP contribution in [0.25, 0.3) is 21.9 Å². The average molecular weight is 325 g/mol. The summed E-state index contributed by atoms with van der Waals surface area (Å²) in [4.78, 5) is 7.28. The second kappa shape index (κ2) is 7.18. The number of anilines is 1. The molecule has 5 nitrogen and oxygen atoms in total. The molecule has 1 aromatic carbocycles. The standard InChI is InChI=1S/C19H27N5/c1-5-23(6-2)13-12-20-18-15-10-8-9-11-16(15)21-19-17(18)14(4)22-24(19)7-3/h8-11H,5-7,12-13H2,1-4H3,(H,20,21). The van der Waals surface area contributed by atoms with Crippen molar-refractivity contribution in [2.45, 2.75) is 34.2 Å². The first-order valence-electron chi connectivity index (χ1n) is 8.91. The van der Waals surface area contributed by atoms with Crippen molar-refractivity contribution in [1.29, 1.82) is 0 Å². The van der Waals surface area contributed by atoms with Crippen LogP contribution < -0.4 is 5.32 Å². The molecule has 0 radical (unpaired) electrons. The zero-order chi connectivity index (χ0) is 17.1. The fourth-order valence-electron chi connectivity index (χ4n) is 3.29. The number of aromatic nitrogens is 3. The first-order valence-corrected chi connectivity index (χ1v) is 8.91. The molecule has 2 heterocycles. The minimum absolute atomic E-state index is 0.828. The molecule has 0 aliphatic carbocycles. The molecule has 3 rings (SSSR count). The Bertz CT molecular complexity index is 833. The second-order valence-corrected chi connectivity index (χ2v) is 6.06. The predicted molar refractivity (Wildman–Crippen MR) is 102 cm³/mol. The first kappa shape index (κ1) is 16.7. The Morgan fingerprint density at radius 3 is 2.58 bits per heavy atom. The summed E-state index contributed by atoms with van der Waals surface area (Å²) in [5.74, 6) is 0. The molecule has 3 aromatic rings. The van der Waals surface area contributed by atoms with Crippen LogP contribution in [-0.4, -0.2) is 45.8 Å². The van der Waals surface area contributed by atoms with Gasteiger partial charge in [0.25, 0.3) is 0 Å². The van der Waals surface area contributed by atoms with Crippen LogP contribution in [0, 0.1) is 6.92 Å². The average Bonchev–Trinajstić information content (AvgIpc) is 2.93. The van der Waals surface area contributed by atoms with Gasteiger partial charge in [-0.2, -0.15) is 5.10 Å². The molecule has 0 amide bonds. The van der Waals surface area contributed by atoms with Crippen LogP contribution in [0.3, 0.4) is 0 Å². The number of hydrogen-bond acceptors (Lipinski definition) is 4. The molecule has 0 atom stereocenters. The lowest BCUT2D eigenvalue weighted by Crippen LogP contribution is -2.28. The lowest BCUT2D eigenvalue weighted by molar-refractivity contribution is 0.316. The van der Waals surface area contributed by atoms with Gasteiger partial charge in [-0.15, -0.1) is 0 Å².